The SMILES string of the molecule is NCC1CCC(C(=O)CCC2CCCO2)CC1. The summed E-state index contributed by atoms with van der Waals surface area (Å²) in [7, 11) is 0. The first-order chi connectivity index (χ1) is 8.29. The van der Waals surface area contributed by atoms with Crippen LogP contribution in [0.1, 0.15) is 51.4 Å². The van der Waals surface area contributed by atoms with Crippen LogP contribution in [0.5, 0.6) is 0 Å². The monoisotopic (exact) mass is 239 g/mol. The van der Waals surface area contributed by atoms with E-state index in [9.17, 15) is 4.79 Å². The average molecular weight is 239 g/mol. The van der Waals surface area contributed by atoms with Gasteiger partial charge in [-0.2, -0.15) is 0 Å². The second-order valence-corrected chi connectivity index (χ2v) is 5.59. The zero-order valence-electron chi connectivity index (χ0n) is 10.7. The Labute approximate surface area is 104 Å². The molecule has 1 heterocycles. The van der Waals surface area contributed by atoms with Crippen LogP contribution < -0.4 is 5.73 Å². The van der Waals surface area contributed by atoms with E-state index >= 15 is 0 Å². The van der Waals surface area contributed by atoms with Crippen molar-refractivity contribution in [2.75, 3.05) is 13.2 Å². The number of hydrogen-bond acceptors (Lipinski definition) is 3. The summed E-state index contributed by atoms with van der Waals surface area (Å²) in [5.74, 6) is 1.45. The van der Waals surface area contributed by atoms with Gasteiger partial charge in [0.1, 0.15) is 5.78 Å². The molecule has 1 aliphatic carbocycles. The number of hydrogen-bond donors (Lipinski definition) is 1. The van der Waals surface area contributed by atoms with Gasteiger partial charge in [-0.3, -0.25) is 4.79 Å². The van der Waals surface area contributed by atoms with Gasteiger partial charge in [-0.1, -0.05) is 0 Å². The Morgan fingerprint density at radius 2 is 1.94 bits per heavy atom. The average Bonchev–Trinajstić information content (AvgIpc) is 2.89. The Hall–Kier alpha value is -0.410. The Balaban J connectivity index is 1.66. The first kappa shape index (κ1) is 13.0. The standard InChI is InChI=1S/C14H25NO2/c15-10-11-3-5-12(6-4-11)14(16)8-7-13-2-1-9-17-13/h11-13H,1-10,15H2. The fourth-order valence-electron chi connectivity index (χ4n) is 3.10. The molecule has 1 aliphatic heterocycles. The molecule has 3 nitrogen and oxygen atoms in total. The normalized spacial score (nSPS) is 33.8. The van der Waals surface area contributed by atoms with Crippen molar-refractivity contribution >= 4 is 5.78 Å². The van der Waals surface area contributed by atoms with E-state index in [1.807, 2.05) is 0 Å². The summed E-state index contributed by atoms with van der Waals surface area (Å²) in [6.07, 6.45) is 8.75. The highest BCUT2D eigenvalue weighted by atomic mass is 16.5. The minimum atomic E-state index is 0.319. The molecule has 0 aromatic carbocycles. The van der Waals surface area contributed by atoms with Crippen LogP contribution in [0, 0.1) is 11.8 Å². The topological polar surface area (TPSA) is 52.3 Å². The second kappa shape index (κ2) is 6.50. The molecule has 17 heavy (non-hydrogen) atoms. The molecule has 2 N–H and O–H groups in total. The smallest absolute Gasteiger partial charge is 0.136 e. The van der Waals surface area contributed by atoms with Crippen molar-refractivity contribution in [2.45, 2.75) is 57.5 Å². The second-order valence-electron chi connectivity index (χ2n) is 5.59. The van der Waals surface area contributed by atoms with Gasteiger partial charge in [0.15, 0.2) is 0 Å². The van der Waals surface area contributed by atoms with Crippen LogP contribution in [0.4, 0.5) is 0 Å². The molecule has 3 heteroatoms. The van der Waals surface area contributed by atoms with Gasteiger partial charge < -0.3 is 10.5 Å². The van der Waals surface area contributed by atoms with Crippen molar-refractivity contribution in [3.05, 3.63) is 0 Å². The maximum absolute atomic E-state index is 12.1. The molecule has 1 atom stereocenters. The van der Waals surface area contributed by atoms with Gasteiger partial charge in [-0.25, -0.2) is 0 Å². The molecule has 1 unspecified atom stereocenters. The number of ether oxygens (including phenoxy) is 1. The molecule has 2 fully saturated rings. The van der Waals surface area contributed by atoms with Crippen LogP contribution in [-0.4, -0.2) is 25.0 Å². The molecule has 0 bridgehead atoms. The van der Waals surface area contributed by atoms with Crippen LogP contribution in [0.2, 0.25) is 0 Å². The first-order valence-corrected chi connectivity index (χ1v) is 7.14. The van der Waals surface area contributed by atoms with Crippen LogP contribution in [0.15, 0.2) is 0 Å². The fraction of sp³-hybridized carbons (Fsp3) is 0.929. The van der Waals surface area contributed by atoms with E-state index in [1.54, 1.807) is 0 Å². The number of ketones is 1. The van der Waals surface area contributed by atoms with Gasteiger partial charge in [0, 0.05) is 18.9 Å². The van der Waals surface area contributed by atoms with E-state index < -0.39 is 0 Å². The zero-order chi connectivity index (χ0) is 12.1. The van der Waals surface area contributed by atoms with Crippen LogP contribution in [0.25, 0.3) is 0 Å². The van der Waals surface area contributed by atoms with E-state index in [-0.39, 0.29) is 0 Å². The third-order valence-corrected chi connectivity index (χ3v) is 4.37. The van der Waals surface area contributed by atoms with E-state index in [1.165, 1.54) is 6.42 Å². The zero-order valence-corrected chi connectivity index (χ0v) is 10.7. The minimum Gasteiger partial charge on any atom is -0.378 e. The van der Waals surface area contributed by atoms with Crippen LogP contribution >= 0.6 is 0 Å². The summed E-state index contributed by atoms with van der Waals surface area (Å²) >= 11 is 0. The predicted molar refractivity (Wildman–Crippen MR) is 67.7 cm³/mol. The van der Waals surface area contributed by atoms with Gasteiger partial charge >= 0.3 is 0 Å². The van der Waals surface area contributed by atoms with Crippen molar-refractivity contribution in [3.8, 4) is 0 Å². The quantitative estimate of drug-likeness (QED) is 0.800. The molecular formula is C14H25NO2. The number of rotatable bonds is 5. The molecule has 0 aromatic rings. The van der Waals surface area contributed by atoms with Gasteiger partial charge in [-0.05, 0) is 57.4 Å². The Morgan fingerprint density at radius 1 is 1.18 bits per heavy atom. The molecule has 98 valence electrons. The third-order valence-electron chi connectivity index (χ3n) is 4.37. The molecule has 0 radical (unpaired) electrons. The lowest BCUT2D eigenvalue weighted by Gasteiger charge is -2.26. The highest BCUT2D eigenvalue weighted by molar-refractivity contribution is 5.81. The summed E-state index contributed by atoms with van der Waals surface area (Å²) in [5.41, 5.74) is 5.66. The molecule has 0 amide bonds. The predicted octanol–water partition coefficient (Wildman–Crippen LogP) is 2.28. The highest BCUT2D eigenvalue weighted by Gasteiger charge is 2.26. The largest absolute Gasteiger partial charge is 0.378 e. The maximum Gasteiger partial charge on any atom is 0.136 e. The highest BCUT2D eigenvalue weighted by Crippen LogP contribution is 2.30. The Bertz CT molecular complexity index is 241. The molecule has 1 saturated carbocycles. The van der Waals surface area contributed by atoms with Gasteiger partial charge in [0.2, 0.25) is 0 Å². The van der Waals surface area contributed by atoms with E-state index in [0.717, 1.165) is 58.1 Å². The molecule has 0 aromatic heterocycles. The molecule has 0 spiro atoms. The minimum absolute atomic E-state index is 0.319. The summed E-state index contributed by atoms with van der Waals surface area (Å²) < 4.78 is 5.56. The Morgan fingerprint density at radius 3 is 2.53 bits per heavy atom. The van der Waals surface area contributed by atoms with Crippen molar-refractivity contribution in [3.63, 3.8) is 0 Å². The lowest BCUT2D eigenvalue weighted by atomic mass is 9.79. The van der Waals surface area contributed by atoms with Crippen LogP contribution in [-0.2, 0) is 9.53 Å². The molecule has 1 saturated heterocycles. The van der Waals surface area contributed by atoms with Gasteiger partial charge in [0.05, 0.1) is 6.10 Å². The lowest BCUT2D eigenvalue weighted by molar-refractivity contribution is -0.124. The number of carbonyl (C=O) groups excluding carboxylic acids is 1. The summed E-state index contributed by atoms with van der Waals surface area (Å²) in [6.45, 7) is 1.68. The molecular weight excluding hydrogens is 214 g/mol. The fourth-order valence-corrected chi connectivity index (χ4v) is 3.10. The van der Waals surface area contributed by atoms with Crippen molar-refractivity contribution in [2.24, 2.45) is 17.6 Å². The van der Waals surface area contributed by atoms with Crippen molar-refractivity contribution in [1.82, 2.24) is 0 Å². The molecule has 2 rings (SSSR count). The summed E-state index contributed by atoms with van der Waals surface area (Å²) in [5, 5.41) is 0. The summed E-state index contributed by atoms with van der Waals surface area (Å²) in [6, 6.07) is 0. The number of nitrogens with two attached hydrogens (primary N) is 1. The van der Waals surface area contributed by atoms with E-state index in [2.05, 4.69) is 0 Å². The molecule has 2 aliphatic rings. The summed E-state index contributed by atoms with van der Waals surface area (Å²) in [4.78, 5) is 12.1. The first-order valence-electron chi connectivity index (χ1n) is 7.14. The number of Topliss-reactive ketones (excluding diaryl/α,β-unsaturated/α-hetero) is 1. The Kier molecular flexibility index (Phi) is 4.99. The van der Waals surface area contributed by atoms with E-state index in [0.29, 0.717) is 23.7 Å². The number of carbonyl (C=O) groups is 1. The van der Waals surface area contributed by atoms with Crippen molar-refractivity contribution < 1.29 is 9.53 Å². The van der Waals surface area contributed by atoms with Gasteiger partial charge in [0.25, 0.3) is 0 Å². The lowest BCUT2D eigenvalue weighted by Crippen LogP contribution is -2.26. The maximum atomic E-state index is 12.1. The van der Waals surface area contributed by atoms with Crippen molar-refractivity contribution in [1.29, 1.82) is 0 Å². The van der Waals surface area contributed by atoms with Crippen LogP contribution in [0.3, 0.4) is 0 Å². The van der Waals surface area contributed by atoms with Gasteiger partial charge in [-0.15, -0.1) is 0 Å². The van der Waals surface area contributed by atoms with E-state index in [4.69, 9.17) is 10.5 Å². The third kappa shape index (κ3) is 3.78.